The van der Waals surface area contributed by atoms with Gasteiger partial charge in [0, 0.05) is 56.7 Å². The average Bonchev–Trinajstić information content (AvgIpc) is 3.06. The highest BCUT2D eigenvalue weighted by Crippen LogP contribution is 2.23. The Morgan fingerprint density at radius 2 is 1.81 bits per heavy atom. The third-order valence-electron chi connectivity index (χ3n) is 4.94. The predicted molar refractivity (Wildman–Crippen MR) is 106 cm³/mol. The standard InChI is InChI=1S/C20H27ClN4O2/c1-16-22-8-9-24(16)13-10-23-11-14-25(15-12-23)19(26)20(2,3)27-18-6-4-17(21)5-7-18/h4-9H,10-15H2,1-3H3. The van der Waals surface area contributed by atoms with Gasteiger partial charge in [-0.2, -0.15) is 0 Å². The van der Waals surface area contributed by atoms with Crippen LogP contribution >= 0.6 is 11.6 Å². The highest BCUT2D eigenvalue weighted by molar-refractivity contribution is 6.30. The lowest BCUT2D eigenvalue weighted by Crippen LogP contribution is -2.56. The molecule has 1 aromatic heterocycles. The molecule has 2 heterocycles. The van der Waals surface area contributed by atoms with E-state index in [0.717, 1.165) is 45.1 Å². The number of carbonyl (C=O) groups excluding carboxylic acids is 1. The minimum atomic E-state index is -0.913. The van der Waals surface area contributed by atoms with Crippen LogP contribution in [0.25, 0.3) is 0 Å². The molecule has 146 valence electrons. The molecule has 27 heavy (non-hydrogen) atoms. The van der Waals surface area contributed by atoms with E-state index in [2.05, 4.69) is 14.5 Å². The molecule has 7 heteroatoms. The van der Waals surface area contributed by atoms with Crippen molar-refractivity contribution < 1.29 is 9.53 Å². The van der Waals surface area contributed by atoms with Crippen molar-refractivity contribution in [2.24, 2.45) is 0 Å². The van der Waals surface area contributed by atoms with Crippen molar-refractivity contribution in [3.8, 4) is 5.75 Å². The zero-order valence-corrected chi connectivity index (χ0v) is 16.9. The molecule has 0 N–H and O–H groups in total. The molecule has 0 spiro atoms. The van der Waals surface area contributed by atoms with Crippen molar-refractivity contribution in [3.63, 3.8) is 0 Å². The summed E-state index contributed by atoms with van der Waals surface area (Å²) in [7, 11) is 0. The molecule has 0 radical (unpaired) electrons. The molecular formula is C20H27ClN4O2. The van der Waals surface area contributed by atoms with Crippen LogP contribution in [-0.4, -0.2) is 63.6 Å². The normalized spacial score (nSPS) is 15.8. The van der Waals surface area contributed by atoms with E-state index >= 15 is 0 Å². The Morgan fingerprint density at radius 1 is 1.15 bits per heavy atom. The first-order chi connectivity index (χ1) is 12.8. The molecule has 0 saturated carbocycles. The molecule has 1 saturated heterocycles. The van der Waals surface area contributed by atoms with Gasteiger partial charge in [-0.3, -0.25) is 9.69 Å². The van der Waals surface area contributed by atoms with E-state index in [1.54, 1.807) is 24.3 Å². The van der Waals surface area contributed by atoms with E-state index < -0.39 is 5.60 Å². The van der Waals surface area contributed by atoms with Crippen LogP contribution in [-0.2, 0) is 11.3 Å². The first-order valence-corrected chi connectivity index (χ1v) is 9.67. The van der Waals surface area contributed by atoms with Crippen LogP contribution in [0.2, 0.25) is 5.02 Å². The van der Waals surface area contributed by atoms with Gasteiger partial charge in [0.05, 0.1) is 0 Å². The quantitative estimate of drug-likeness (QED) is 0.761. The minimum Gasteiger partial charge on any atom is -0.478 e. The summed E-state index contributed by atoms with van der Waals surface area (Å²) >= 11 is 5.91. The largest absolute Gasteiger partial charge is 0.478 e. The molecule has 1 amide bonds. The topological polar surface area (TPSA) is 50.6 Å². The number of halogens is 1. The van der Waals surface area contributed by atoms with Gasteiger partial charge in [-0.1, -0.05) is 11.6 Å². The number of carbonyl (C=O) groups is 1. The Bertz CT molecular complexity index is 765. The molecule has 1 fully saturated rings. The Morgan fingerprint density at radius 3 is 2.41 bits per heavy atom. The van der Waals surface area contributed by atoms with E-state index in [-0.39, 0.29) is 5.91 Å². The molecule has 0 unspecified atom stereocenters. The zero-order valence-electron chi connectivity index (χ0n) is 16.2. The van der Waals surface area contributed by atoms with Gasteiger partial charge in [-0.05, 0) is 45.0 Å². The number of imidazole rings is 1. The molecule has 0 bridgehead atoms. The SMILES string of the molecule is Cc1nccn1CCN1CCN(C(=O)C(C)(C)Oc2ccc(Cl)cc2)CC1. The van der Waals surface area contributed by atoms with E-state index in [4.69, 9.17) is 16.3 Å². The Balaban J connectivity index is 1.49. The smallest absolute Gasteiger partial charge is 0.266 e. The number of ether oxygens (including phenoxy) is 1. The lowest BCUT2D eigenvalue weighted by atomic mass is 10.1. The fraction of sp³-hybridized carbons (Fsp3) is 0.500. The second-order valence-corrected chi connectivity index (χ2v) is 7.80. The summed E-state index contributed by atoms with van der Waals surface area (Å²) in [5.41, 5.74) is -0.913. The third kappa shape index (κ3) is 5.02. The van der Waals surface area contributed by atoms with Gasteiger partial charge in [0.2, 0.25) is 0 Å². The molecule has 1 aromatic carbocycles. The Kier molecular flexibility index (Phi) is 6.07. The summed E-state index contributed by atoms with van der Waals surface area (Å²) < 4.78 is 8.09. The summed E-state index contributed by atoms with van der Waals surface area (Å²) in [4.78, 5) is 21.5. The lowest BCUT2D eigenvalue weighted by molar-refractivity contribution is -0.147. The maximum absolute atomic E-state index is 12.9. The molecule has 2 aromatic rings. The first-order valence-electron chi connectivity index (χ1n) is 9.29. The van der Waals surface area contributed by atoms with Crippen molar-refractivity contribution in [2.75, 3.05) is 32.7 Å². The number of benzene rings is 1. The van der Waals surface area contributed by atoms with Crippen LogP contribution in [0.3, 0.4) is 0 Å². The second-order valence-electron chi connectivity index (χ2n) is 7.37. The predicted octanol–water partition coefficient (Wildman–Crippen LogP) is 2.85. The Hall–Kier alpha value is -2.05. The number of rotatable bonds is 6. The number of piperazine rings is 1. The van der Waals surface area contributed by atoms with Crippen LogP contribution in [0.5, 0.6) is 5.75 Å². The number of aryl methyl sites for hydroxylation is 1. The van der Waals surface area contributed by atoms with Crippen molar-refractivity contribution in [1.82, 2.24) is 19.4 Å². The molecule has 3 rings (SSSR count). The fourth-order valence-electron chi connectivity index (χ4n) is 3.29. The summed E-state index contributed by atoms with van der Waals surface area (Å²) in [5.74, 6) is 1.69. The number of hydrogen-bond donors (Lipinski definition) is 0. The summed E-state index contributed by atoms with van der Waals surface area (Å²) in [6, 6.07) is 7.09. The van der Waals surface area contributed by atoms with Crippen LogP contribution < -0.4 is 4.74 Å². The van der Waals surface area contributed by atoms with Gasteiger partial charge in [-0.15, -0.1) is 0 Å². The van der Waals surface area contributed by atoms with Crippen LogP contribution in [0.1, 0.15) is 19.7 Å². The third-order valence-corrected chi connectivity index (χ3v) is 5.19. The summed E-state index contributed by atoms with van der Waals surface area (Å²) in [5, 5.41) is 0.647. The van der Waals surface area contributed by atoms with Crippen molar-refractivity contribution in [1.29, 1.82) is 0 Å². The van der Waals surface area contributed by atoms with Crippen molar-refractivity contribution in [2.45, 2.75) is 32.9 Å². The summed E-state index contributed by atoms with van der Waals surface area (Å²) in [6.07, 6.45) is 3.83. The highest BCUT2D eigenvalue weighted by Gasteiger charge is 2.35. The average molecular weight is 391 g/mol. The van der Waals surface area contributed by atoms with Gasteiger partial charge >= 0.3 is 0 Å². The Labute approximate surface area is 165 Å². The number of aromatic nitrogens is 2. The lowest BCUT2D eigenvalue weighted by Gasteiger charge is -2.38. The van der Waals surface area contributed by atoms with Gasteiger partial charge in [0.1, 0.15) is 11.6 Å². The maximum Gasteiger partial charge on any atom is 0.266 e. The molecule has 1 aliphatic rings. The number of nitrogens with zero attached hydrogens (tertiary/aromatic N) is 4. The summed E-state index contributed by atoms with van der Waals surface area (Å²) in [6.45, 7) is 10.7. The van der Waals surface area contributed by atoms with Crippen LogP contribution in [0.4, 0.5) is 0 Å². The van der Waals surface area contributed by atoms with E-state index in [1.807, 2.05) is 38.1 Å². The van der Waals surface area contributed by atoms with E-state index in [0.29, 0.717) is 10.8 Å². The van der Waals surface area contributed by atoms with Gasteiger partial charge in [0.25, 0.3) is 5.91 Å². The minimum absolute atomic E-state index is 0.0163. The molecular weight excluding hydrogens is 364 g/mol. The van der Waals surface area contributed by atoms with Crippen molar-refractivity contribution in [3.05, 3.63) is 47.5 Å². The van der Waals surface area contributed by atoms with E-state index in [9.17, 15) is 4.79 Å². The van der Waals surface area contributed by atoms with Crippen LogP contribution in [0.15, 0.2) is 36.7 Å². The molecule has 0 atom stereocenters. The number of hydrogen-bond acceptors (Lipinski definition) is 4. The van der Waals surface area contributed by atoms with Crippen LogP contribution in [0, 0.1) is 6.92 Å². The van der Waals surface area contributed by atoms with Crippen molar-refractivity contribution >= 4 is 17.5 Å². The molecule has 1 aliphatic heterocycles. The monoisotopic (exact) mass is 390 g/mol. The maximum atomic E-state index is 12.9. The van der Waals surface area contributed by atoms with Gasteiger partial charge in [0.15, 0.2) is 5.60 Å². The first kappa shape index (κ1) is 19.7. The van der Waals surface area contributed by atoms with Gasteiger partial charge < -0.3 is 14.2 Å². The fourth-order valence-corrected chi connectivity index (χ4v) is 3.41. The number of amides is 1. The highest BCUT2D eigenvalue weighted by atomic mass is 35.5. The molecule has 6 nitrogen and oxygen atoms in total. The zero-order chi connectivity index (χ0) is 19.4. The van der Waals surface area contributed by atoms with E-state index in [1.165, 1.54) is 0 Å². The second kappa shape index (κ2) is 8.31. The molecule has 0 aliphatic carbocycles. The van der Waals surface area contributed by atoms with Gasteiger partial charge in [-0.25, -0.2) is 4.98 Å².